The first kappa shape index (κ1) is 14.8. The normalized spacial score (nSPS) is 23.5. The van der Waals surface area contributed by atoms with Crippen molar-refractivity contribution in [2.75, 3.05) is 19.7 Å². The van der Waals surface area contributed by atoms with Gasteiger partial charge in [-0.2, -0.15) is 0 Å². The number of hydrogen-bond acceptors (Lipinski definition) is 4. The molecule has 0 saturated carbocycles. The molecule has 1 aromatic carbocycles. The number of carbonyl (C=O) groups is 1. The van der Waals surface area contributed by atoms with Crippen LogP contribution in [-0.4, -0.2) is 47.8 Å². The van der Waals surface area contributed by atoms with Crippen LogP contribution >= 0.6 is 28.6 Å². The summed E-state index contributed by atoms with van der Waals surface area (Å²) in [6.07, 6.45) is -0.389. The van der Waals surface area contributed by atoms with Crippen molar-refractivity contribution < 1.29 is 14.6 Å². The number of amides is 1. The van der Waals surface area contributed by atoms with Crippen LogP contribution in [-0.2, 0) is 4.74 Å². The highest BCUT2D eigenvalue weighted by atomic mass is 79.9. The van der Waals surface area contributed by atoms with Gasteiger partial charge in [0.25, 0.3) is 5.91 Å². The fourth-order valence-corrected chi connectivity index (χ4v) is 3.02. The zero-order valence-electron chi connectivity index (χ0n) is 10.5. The minimum absolute atomic E-state index is 0.0753. The Labute approximate surface area is 126 Å². The summed E-state index contributed by atoms with van der Waals surface area (Å²) < 4.78 is 6.42. The van der Waals surface area contributed by atoms with Crippen molar-refractivity contribution in [2.45, 2.75) is 24.0 Å². The van der Waals surface area contributed by atoms with E-state index >= 15 is 0 Å². The molecule has 1 fully saturated rings. The van der Waals surface area contributed by atoms with Gasteiger partial charge >= 0.3 is 0 Å². The first-order chi connectivity index (χ1) is 9.01. The number of rotatable bonds is 2. The molecule has 0 bridgehead atoms. The number of hydrogen-bond donors (Lipinski definition) is 2. The van der Waals surface area contributed by atoms with Gasteiger partial charge in [0, 0.05) is 22.5 Å². The topological polar surface area (TPSA) is 49.8 Å². The fraction of sp³-hybridized carbons (Fsp3) is 0.462. The number of morpholine rings is 1. The minimum Gasteiger partial charge on any atom is -0.394 e. The molecule has 2 atom stereocenters. The van der Waals surface area contributed by atoms with Gasteiger partial charge < -0.3 is 14.7 Å². The molecule has 0 aliphatic carbocycles. The molecule has 19 heavy (non-hydrogen) atoms. The number of ether oxygens (including phenoxy) is 1. The predicted octanol–water partition coefficient (Wildman–Crippen LogP) is 1.96. The molecule has 1 N–H and O–H groups in total. The summed E-state index contributed by atoms with van der Waals surface area (Å²) in [5.74, 6) is -0.0777. The fourth-order valence-electron chi connectivity index (χ4n) is 2.17. The lowest BCUT2D eigenvalue weighted by Crippen LogP contribution is -2.50. The van der Waals surface area contributed by atoms with Gasteiger partial charge in [-0.25, -0.2) is 0 Å². The summed E-state index contributed by atoms with van der Waals surface area (Å²) in [6, 6.07) is 5.37. The van der Waals surface area contributed by atoms with Crippen molar-refractivity contribution in [3.63, 3.8) is 0 Å². The molecule has 4 nitrogen and oxygen atoms in total. The van der Waals surface area contributed by atoms with Crippen LogP contribution in [0.25, 0.3) is 0 Å². The number of aliphatic hydroxyl groups excluding tert-OH is 1. The van der Waals surface area contributed by atoms with E-state index in [1.807, 2.05) is 13.0 Å². The average molecular weight is 346 g/mol. The van der Waals surface area contributed by atoms with Crippen LogP contribution in [0.5, 0.6) is 0 Å². The molecule has 1 heterocycles. The maximum atomic E-state index is 12.5. The molecule has 0 aromatic heterocycles. The van der Waals surface area contributed by atoms with Crippen LogP contribution in [0, 0.1) is 0 Å². The van der Waals surface area contributed by atoms with E-state index in [0.717, 1.165) is 4.47 Å². The third-order valence-electron chi connectivity index (χ3n) is 3.01. The lowest BCUT2D eigenvalue weighted by atomic mass is 10.1. The maximum Gasteiger partial charge on any atom is 0.255 e. The lowest BCUT2D eigenvalue weighted by Gasteiger charge is -2.36. The van der Waals surface area contributed by atoms with E-state index in [4.69, 9.17) is 4.74 Å². The van der Waals surface area contributed by atoms with Crippen LogP contribution in [0.15, 0.2) is 27.6 Å². The van der Waals surface area contributed by atoms with E-state index in [1.54, 1.807) is 17.0 Å². The lowest BCUT2D eigenvalue weighted by molar-refractivity contribution is -0.0859. The highest BCUT2D eigenvalue weighted by Crippen LogP contribution is 2.22. The Hall–Kier alpha value is -0.560. The largest absolute Gasteiger partial charge is 0.394 e. The zero-order chi connectivity index (χ0) is 14.0. The Morgan fingerprint density at radius 3 is 2.95 bits per heavy atom. The van der Waals surface area contributed by atoms with Crippen molar-refractivity contribution in [3.05, 3.63) is 28.2 Å². The molecule has 1 aliphatic rings. The van der Waals surface area contributed by atoms with Crippen molar-refractivity contribution in [3.8, 4) is 0 Å². The summed E-state index contributed by atoms with van der Waals surface area (Å²) in [6.45, 7) is 2.75. The van der Waals surface area contributed by atoms with Crippen molar-refractivity contribution in [2.24, 2.45) is 0 Å². The van der Waals surface area contributed by atoms with Gasteiger partial charge in [-0.05, 0) is 25.1 Å². The van der Waals surface area contributed by atoms with E-state index in [1.165, 1.54) is 0 Å². The third-order valence-corrected chi connectivity index (χ3v) is 3.87. The molecule has 0 radical (unpaired) electrons. The number of carbonyl (C=O) groups excluding carboxylic acids is 1. The quantitative estimate of drug-likeness (QED) is 0.805. The Balaban J connectivity index is 2.18. The van der Waals surface area contributed by atoms with Gasteiger partial charge in [0.1, 0.15) is 0 Å². The first-order valence-electron chi connectivity index (χ1n) is 6.05. The predicted molar refractivity (Wildman–Crippen MR) is 78.7 cm³/mol. The zero-order valence-corrected chi connectivity index (χ0v) is 13.0. The first-order valence-corrected chi connectivity index (χ1v) is 7.29. The molecule has 2 rings (SSSR count). The number of halogens is 1. The summed E-state index contributed by atoms with van der Waals surface area (Å²) in [4.78, 5) is 14.8. The molecule has 1 aromatic rings. The van der Waals surface area contributed by atoms with Crippen LogP contribution in [0.1, 0.15) is 17.3 Å². The van der Waals surface area contributed by atoms with E-state index in [0.29, 0.717) is 23.5 Å². The number of aliphatic hydroxyl groups is 1. The Bertz CT molecular complexity index is 483. The molecule has 1 saturated heterocycles. The Morgan fingerprint density at radius 2 is 2.32 bits per heavy atom. The van der Waals surface area contributed by atoms with Crippen molar-refractivity contribution in [1.82, 2.24) is 4.90 Å². The second kappa shape index (κ2) is 6.26. The molecular formula is C13H16BrNO3S. The number of thiol groups is 1. The van der Waals surface area contributed by atoms with Gasteiger partial charge in [-0.1, -0.05) is 15.9 Å². The van der Waals surface area contributed by atoms with Gasteiger partial charge in [0.05, 0.1) is 24.4 Å². The summed E-state index contributed by atoms with van der Waals surface area (Å²) in [5.41, 5.74) is 0.567. The van der Waals surface area contributed by atoms with E-state index in [-0.39, 0.29) is 24.7 Å². The van der Waals surface area contributed by atoms with E-state index in [2.05, 4.69) is 28.6 Å². The molecule has 0 spiro atoms. The van der Waals surface area contributed by atoms with Gasteiger partial charge in [-0.15, -0.1) is 12.6 Å². The van der Waals surface area contributed by atoms with Crippen molar-refractivity contribution >= 4 is 34.5 Å². The summed E-state index contributed by atoms with van der Waals surface area (Å²) in [5, 5.41) is 9.19. The highest BCUT2D eigenvalue weighted by molar-refractivity contribution is 9.10. The van der Waals surface area contributed by atoms with E-state index in [9.17, 15) is 9.90 Å². The molecule has 1 aliphatic heterocycles. The van der Waals surface area contributed by atoms with Crippen LogP contribution < -0.4 is 0 Å². The van der Waals surface area contributed by atoms with Crippen molar-refractivity contribution in [1.29, 1.82) is 0 Å². The highest BCUT2D eigenvalue weighted by Gasteiger charge is 2.29. The van der Waals surface area contributed by atoms with Gasteiger partial charge in [0.2, 0.25) is 0 Å². The second-order valence-electron chi connectivity index (χ2n) is 4.62. The molecule has 1 amide bonds. The Kier molecular flexibility index (Phi) is 4.89. The molecular weight excluding hydrogens is 330 g/mol. The van der Waals surface area contributed by atoms with Crippen LogP contribution in [0.3, 0.4) is 0 Å². The van der Waals surface area contributed by atoms with Gasteiger partial charge in [-0.3, -0.25) is 4.79 Å². The second-order valence-corrected chi connectivity index (χ2v) is 6.02. The van der Waals surface area contributed by atoms with Crippen LogP contribution in [0.2, 0.25) is 0 Å². The summed E-state index contributed by atoms with van der Waals surface area (Å²) in [7, 11) is 0. The number of nitrogens with zero attached hydrogens (tertiary/aromatic N) is 1. The van der Waals surface area contributed by atoms with Crippen LogP contribution in [0.4, 0.5) is 0 Å². The minimum atomic E-state index is -0.313. The average Bonchev–Trinajstić information content (AvgIpc) is 2.37. The summed E-state index contributed by atoms with van der Waals surface area (Å²) >= 11 is 7.68. The molecule has 2 unspecified atom stereocenters. The van der Waals surface area contributed by atoms with Gasteiger partial charge in [0.15, 0.2) is 0 Å². The monoisotopic (exact) mass is 345 g/mol. The SMILES string of the molecule is CC1CN(C(=O)c2ccc(Br)cc2S)CC(CO)O1. The number of benzene rings is 1. The third kappa shape index (κ3) is 3.51. The molecule has 104 valence electrons. The standard InChI is InChI=1S/C13H16BrNO3S/c1-8-5-15(6-10(7-16)18-8)13(17)11-3-2-9(14)4-12(11)19/h2-4,8,10,16,19H,5-7H2,1H3. The van der Waals surface area contributed by atoms with E-state index < -0.39 is 0 Å². The smallest absolute Gasteiger partial charge is 0.255 e. The Morgan fingerprint density at radius 1 is 1.58 bits per heavy atom. The maximum absolute atomic E-state index is 12.5. The molecule has 6 heteroatoms.